The molecule has 202 valence electrons. The van der Waals surface area contributed by atoms with Crippen LogP contribution in [0.5, 0.6) is 0 Å². The van der Waals surface area contributed by atoms with Gasteiger partial charge in [-0.25, -0.2) is 4.79 Å². The van der Waals surface area contributed by atoms with Crippen LogP contribution in [-0.2, 0) is 23.9 Å². The zero-order valence-corrected chi connectivity index (χ0v) is 22.9. The molecule has 4 fully saturated rings. The molecule has 8 atom stereocenters. The topological polar surface area (TPSA) is 110 Å². The Morgan fingerprint density at radius 3 is 2.53 bits per heavy atom. The minimum atomic E-state index is -1.05. The number of Topliss-reactive ketones (excluding diaryl/α,β-unsaturated/α-hetero) is 1. The zero-order valence-electron chi connectivity index (χ0n) is 22.1. The SMILES string of the molecule is CSCCC(NC(=O)CCC(=O)OC1CCC2C3CCC4CC(=O)CCC4(C)C3CCC12C)C(=O)O. The van der Waals surface area contributed by atoms with Crippen molar-refractivity contribution in [2.45, 2.75) is 103 Å². The number of hydrogen-bond acceptors (Lipinski definition) is 6. The number of ether oxygens (including phenoxy) is 1. The Kier molecular flexibility index (Phi) is 8.42. The molecule has 0 aliphatic heterocycles. The van der Waals surface area contributed by atoms with Gasteiger partial charge in [-0.1, -0.05) is 13.8 Å². The highest BCUT2D eigenvalue weighted by Crippen LogP contribution is 2.66. The quantitative estimate of drug-likeness (QED) is 0.426. The van der Waals surface area contributed by atoms with Crippen LogP contribution in [0.3, 0.4) is 0 Å². The summed E-state index contributed by atoms with van der Waals surface area (Å²) in [4.78, 5) is 48.5. The fourth-order valence-electron chi connectivity index (χ4n) is 8.38. The van der Waals surface area contributed by atoms with Crippen molar-refractivity contribution in [3.8, 4) is 0 Å². The molecule has 0 saturated heterocycles. The van der Waals surface area contributed by atoms with Crippen LogP contribution in [0.15, 0.2) is 0 Å². The number of amides is 1. The Labute approximate surface area is 219 Å². The second-order valence-electron chi connectivity index (χ2n) is 12.2. The maximum atomic E-state index is 12.7. The van der Waals surface area contributed by atoms with Crippen LogP contribution in [-0.4, -0.2) is 52.9 Å². The zero-order chi connectivity index (χ0) is 26.1. The first-order valence-electron chi connectivity index (χ1n) is 13.8. The highest BCUT2D eigenvalue weighted by molar-refractivity contribution is 7.98. The van der Waals surface area contributed by atoms with Crippen molar-refractivity contribution in [3.63, 3.8) is 0 Å². The lowest BCUT2D eigenvalue weighted by molar-refractivity contribution is -0.164. The van der Waals surface area contributed by atoms with Gasteiger partial charge >= 0.3 is 11.9 Å². The van der Waals surface area contributed by atoms with E-state index in [-0.39, 0.29) is 35.7 Å². The van der Waals surface area contributed by atoms with E-state index in [0.29, 0.717) is 41.6 Å². The summed E-state index contributed by atoms with van der Waals surface area (Å²) >= 11 is 1.53. The Hall–Kier alpha value is -1.57. The first-order chi connectivity index (χ1) is 17.1. The summed E-state index contributed by atoms with van der Waals surface area (Å²) in [5.74, 6) is 1.62. The van der Waals surface area contributed by atoms with Gasteiger partial charge in [-0.3, -0.25) is 14.4 Å². The molecule has 4 aliphatic rings. The van der Waals surface area contributed by atoms with Gasteiger partial charge in [0.15, 0.2) is 0 Å². The average Bonchev–Trinajstić information content (AvgIpc) is 3.16. The molecule has 0 aromatic heterocycles. The molecule has 4 aliphatic carbocycles. The van der Waals surface area contributed by atoms with E-state index in [2.05, 4.69) is 19.2 Å². The smallest absolute Gasteiger partial charge is 0.326 e. The molecule has 4 rings (SSSR count). The summed E-state index contributed by atoms with van der Waals surface area (Å²) in [6, 6.07) is -0.926. The predicted octanol–water partition coefficient (Wildman–Crippen LogP) is 4.61. The summed E-state index contributed by atoms with van der Waals surface area (Å²) in [6.45, 7) is 4.74. The predicted molar refractivity (Wildman–Crippen MR) is 138 cm³/mol. The first kappa shape index (κ1) is 27.5. The van der Waals surface area contributed by atoms with E-state index in [1.807, 2.05) is 6.26 Å². The number of hydrogen-bond donors (Lipinski definition) is 2. The van der Waals surface area contributed by atoms with Gasteiger partial charge in [0.1, 0.15) is 17.9 Å². The van der Waals surface area contributed by atoms with E-state index in [0.717, 1.165) is 51.4 Å². The Morgan fingerprint density at radius 2 is 1.81 bits per heavy atom. The number of carboxylic acids is 1. The Balaban J connectivity index is 1.31. The molecule has 0 heterocycles. The molecule has 36 heavy (non-hydrogen) atoms. The molecule has 0 aromatic rings. The molecule has 0 bridgehead atoms. The number of carbonyl (C=O) groups excluding carboxylic acids is 3. The van der Waals surface area contributed by atoms with Crippen LogP contribution in [0.25, 0.3) is 0 Å². The molecular weight excluding hydrogens is 478 g/mol. The van der Waals surface area contributed by atoms with E-state index in [4.69, 9.17) is 4.74 Å². The highest BCUT2D eigenvalue weighted by Gasteiger charge is 2.61. The van der Waals surface area contributed by atoms with Gasteiger partial charge in [-0.05, 0) is 92.5 Å². The van der Waals surface area contributed by atoms with Crippen molar-refractivity contribution >= 4 is 35.4 Å². The van der Waals surface area contributed by atoms with Gasteiger partial charge in [0, 0.05) is 24.7 Å². The Bertz CT molecular complexity index is 878. The van der Waals surface area contributed by atoms with Crippen molar-refractivity contribution in [1.29, 1.82) is 0 Å². The van der Waals surface area contributed by atoms with E-state index < -0.39 is 17.9 Å². The standard InChI is InChI=1S/C28H43NO6S/c1-27-13-10-18(30)16-17(27)4-5-19-20-6-7-23(28(20,2)14-11-21(19)27)35-25(32)9-8-24(31)29-22(26(33)34)12-15-36-3/h17,19-23H,4-16H2,1-3H3,(H,29,31)(H,33,34). The average molecular weight is 522 g/mol. The van der Waals surface area contributed by atoms with E-state index in [9.17, 15) is 24.3 Å². The van der Waals surface area contributed by atoms with Gasteiger partial charge in [-0.2, -0.15) is 11.8 Å². The number of rotatable bonds is 9. The van der Waals surface area contributed by atoms with E-state index in [1.54, 1.807) is 0 Å². The van der Waals surface area contributed by atoms with Crippen LogP contribution in [0, 0.1) is 34.5 Å². The molecule has 8 unspecified atom stereocenters. The second-order valence-corrected chi connectivity index (χ2v) is 13.2. The minimum absolute atomic E-state index is 0.0288. The van der Waals surface area contributed by atoms with Crippen molar-refractivity contribution in [3.05, 3.63) is 0 Å². The van der Waals surface area contributed by atoms with Gasteiger partial charge in [0.25, 0.3) is 0 Å². The number of esters is 1. The summed E-state index contributed by atoms with van der Waals surface area (Å²) < 4.78 is 5.99. The maximum Gasteiger partial charge on any atom is 0.326 e. The molecule has 0 radical (unpaired) electrons. The summed E-state index contributed by atoms with van der Waals surface area (Å²) in [7, 11) is 0. The lowest BCUT2D eigenvalue weighted by Gasteiger charge is -2.60. The largest absolute Gasteiger partial charge is 0.480 e. The lowest BCUT2D eigenvalue weighted by Crippen LogP contribution is -2.54. The second kappa shape index (κ2) is 11.0. The van der Waals surface area contributed by atoms with Crippen molar-refractivity contribution in [2.75, 3.05) is 12.0 Å². The monoisotopic (exact) mass is 521 g/mol. The molecule has 2 N–H and O–H groups in total. The number of aliphatic carboxylic acids is 1. The molecule has 8 heteroatoms. The Morgan fingerprint density at radius 1 is 1.06 bits per heavy atom. The molecular formula is C28H43NO6S. The summed E-state index contributed by atoms with van der Waals surface area (Å²) in [6.07, 6.45) is 11.0. The van der Waals surface area contributed by atoms with Crippen LogP contribution < -0.4 is 5.32 Å². The highest BCUT2D eigenvalue weighted by atomic mass is 32.2. The van der Waals surface area contributed by atoms with Gasteiger partial charge in [0.05, 0.1) is 6.42 Å². The third kappa shape index (κ3) is 5.34. The summed E-state index contributed by atoms with van der Waals surface area (Å²) in [5.41, 5.74) is 0.239. The molecule has 7 nitrogen and oxygen atoms in total. The number of carboxylic acid groups (broad SMARTS) is 1. The normalized spacial score (nSPS) is 38.3. The van der Waals surface area contributed by atoms with Crippen LogP contribution in [0.4, 0.5) is 0 Å². The van der Waals surface area contributed by atoms with Crippen molar-refractivity contribution in [2.24, 2.45) is 34.5 Å². The van der Waals surface area contributed by atoms with Crippen molar-refractivity contribution < 1.29 is 29.0 Å². The van der Waals surface area contributed by atoms with Gasteiger partial charge in [0.2, 0.25) is 5.91 Å². The van der Waals surface area contributed by atoms with Crippen LogP contribution in [0.2, 0.25) is 0 Å². The number of carbonyl (C=O) groups is 4. The molecule has 0 aromatic carbocycles. The minimum Gasteiger partial charge on any atom is -0.480 e. The van der Waals surface area contributed by atoms with Crippen LogP contribution in [0.1, 0.15) is 90.9 Å². The third-order valence-electron chi connectivity index (χ3n) is 10.5. The molecule has 1 amide bonds. The fraction of sp³-hybridized carbons (Fsp3) is 0.857. The van der Waals surface area contributed by atoms with Crippen molar-refractivity contribution in [1.82, 2.24) is 5.32 Å². The van der Waals surface area contributed by atoms with Gasteiger partial charge < -0.3 is 15.2 Å². The number of nitrogens with one attached hydrogen (secondary N) is 1. The lowest BCUT2D eigenvalue weighted by atomic mass is 9.45. The first-order valence-corrected chi connectivity index (χ1v) is 15.2. The third-order valence-corrected chi connectivity index (χ3v) is 11.1. The molecule has 4 saturated carbocycles. The van der Waals surface area contributed by atoms with E-state index in [1.165, 1.54) is 18.2 Å². The van der Waals surface area contributed by atoms with E-state index >= 15 is 0 Å². The number of ketones is 1. The summed E-state index contributed by atoms with van der Waals surface area (Å²) in [5, 5.41) is 11.8. The molecule has 0 spiro atoms. The van der Waals surface area contributed by atoms with Crippen LogP contribution >= 0.6 is 11.8 Å². The maximum absolute atomic E-state index is 12.7. The number of fused-ring (bicyclic) bond motifs is 5. The van der Waals surface area contributed by atoms with Gasteiger partial charge in [-0.15, -0.1) is 0 Å². The fourth-order valence-corrected chi connectivity index (χ4v) is 8.86. The number of thioether (sulfide) groups is 1.